The molecule has 112 valence electrons. The lowest BCUT2D eigenvalue weighted by atomic mass is 10.0. The van der Waals surface area contributed by atoms with Gasteiger partial charge in [-0.05, 0) is 13.3 Å². The Labute approximate surface area is 114 Å². The van der Waals surface area contributed by atoms with E-state index in [0.717, 1.165) is 12.5 Å². The zero-order valence-electron chi connectivity index (χ0n) is 11.3. The smallest absolute Gasteiger partial charge is 0.378 e. The summed E-state index contributed by atoms with van der Waals surface area (Å²) < 4.78 is 43.6. The number of aromatic nitrogens is 2. The number of hydrogen-bond acceptors (Lipinski definition) is 5. The fourth-order valence-electron chi connectivity index (χ4n) is 2.07. The van der Waals surface area contributed by atoms with Gasteiger partial charge in [0.15, 0.2) is 5.69 Å². The Balaban J connectivity index is 2.10. The van der Waals surface area contributed by atoms with Crippen LogP contribution in [0.2, 0.25) is 0 Å². The van der Waals surface area contributed by atoms with Gasteiger partial charge in [0.25, 0.3) is 0 Å². The summed E-state index contributed by atoms with van der Waals surface area (Å²) in [7, 11) is 1.48. The van der Waals surface area contributed by atoms with Gasteiger partial charge in [-0.25, -0.2) is 4.98 Å². The van der Waals surface area contributed by atoms with Crippen molar-refractivity contribution in [3.05, 3.63) is 11.8 Å². The van der Waals surface area contributed by atoms with Gasteiger partial charge in [0, 0.05) is 32.2 Å². The predicted octanol–water partition coefficient (Wildman–Crippen LogP) is 2.37. The van der Waals surface area contributed by atoms with Crippen molar-refractivity contribution < 1.29 is 17.9 Å². The molecule has 2 rings (SSSR count). The zero-order valence-corrected chi connectivity index (χ0v) is 11.3. The first-order valence-electron chi connectivity index (χ1n) is 6.39. The van der Waals surface area contributed by atoms with Crippen molar-refractivity contribution in [3.63, 3.8) is 0 Å². The fourth-order valence-corrected chi connectivity index (χ4v) is 2.07. The van der Waals surface area contributed by atoms with Crippen molar-refractivity contribution in [3.8, 4) is 0 Å². The summed E-state index contributed by atoms with van der Waals surface area (Å²) in [5, 5.41) is 5.46. The molecule has 2 heterocycles. The summed E-state index contributed by atoms with van der Waals surface area (Å²) in [5.41, 5.74) is -0.963. The van der Waals surface area contributed by atoms with E-state index in [2.05, 4.69) is 20.6 Å². The molecule has 0 spiro atoms. The van der Waals surface area contributed by atoms with Crippen LogP contribution in [0.5, 0.6) is 0 Å². The number of alkyl halides is 3. The first-order valence-corrected chi connectivity index (χ1v) is 6.39. The Morgan fingerprint density at radius 3 is 2.70 bits per heavy atom. The molecule has 2 atom stereocenters. The number of anilines is 2. The lowest BCUT2D eigenvalue weighted by Crippen LogP contribution is -2.22. The Bertz CT molecular complexity index is 467. The van der Waals surface area contributed by atoms with Gasteiger partial charge >= 0.3 is 6.18 Å². The molecule has 1 aliphatic rings. The van der Waals surface area contributed by atoms with Crippen molar-refractivity contribution in [1.82, 2.24) is 9.97 Å². The van der Waals surface area contributed by atoms with Crippen molar-refractivity contribution in [1.29, 1.82) is 0 Å². The fraction of sp³-hybridized carbons (Fsp3) is 0.667. The maximum atomic E-state index is 12.7. The number of halogens is 3. The lowest BCUT2D eigenvalue weighted by Gasteiger charge is -2.16. The average Bonchev–Trinajstić information content (AvgIpc) is 2.80. The molecular weight excluding hydrogens is 273 g/mol. The van der Waals surface area contributed by atoms with Crippen LogP contribution in [0.4, 0.5) is 24.9 Å². The minimum atomic E-state index is -4.49. The van der Waals surface area contributed by atoms with E-state index in [1.807, 2.05) is 6.92 Å². The van der Waals surface area contributed by atoms with Crippen LogP contribution in [0, 0.1) is 5.92 Å². The molecule has 1 aromatic rings. The van der Waals surface area contributed by atoms with Crippen molar-refractivity contribution >= 4 is 11.8 Å². The summed E-state index contributed by atoms with van der Waals surface area (Å²) in [4.78, 5) is 7.38. The molecule has 2 N–H and O–H groups in total. The summed E-state index contributed by atoms with van der Waals surface area (Å²) in [6, 6.07) is 0.918. The van der Waals surface area contributed by atoms with Gasteiger partial charge in [-0.2, -0.15) is 18.2 Å². The minimum absolute atomic E-state index is 0.0574. The topological polar surface area (TPSA) is 59.1 Å². The highest BCUT2D eigenvalue weighted by Gasteiger charge is 2.34. The van der Waals surface area contributed by atoms with Crippen LogP contribution in [-0.2, 0) is 10.9 Å². The normalized spacial score (nSPS) is 22.9. The monoisotopic (exact) mass is 290 g/mol. The van der Waals surface area contributed by atoms with E-state index in [1.165, 1.54) is 7.05 Å². The Morgan fingerprint density at radius 2 is 2.15 bits per heavy atom. The number of nitrogens with zero attached hydrogens (tertiary/aromatic N) is 2. The maximum Gasteiger partial charge on any atom is 0.433 e. The second-order valence-corrected chi connectivity index (χ2v) is 4.72. The van der Waals surface area contributed by atoms with Crippen molar-refractivity contribution in [2.75, 3.05) is 30.8 Å². The van der Waals surface area contributed by atoms with Crippen LogP contribution in [0.3, 0.4) is 0 Å². The second-order valence-electron chi connectivity index (χ2n) is 4.72. The molecular formula is C12H17F3N4O. The van der Waals surface area contributed by atoms with E-state index in [0.29, 0.717) is 13.2 Å². The molecule has 5 nitrogen and oxygen atoms in total. The molecule has 1 aromatic heterocycles. The Hall–Kier alpha value is -1.57. The van der Waals surface area contributed by atoms with Crippen LogP contribution in [-0.4, -0.2) is 36.3 Å². The van der Waals surface area contributed by atoms with Gasteiger partial charge in [0.1, 0.15) is 5.82 Å². The van der Waals surface area contributed by atoms with E-state index in [9.17, 15) is 13.2 Å². The average molecular weight is 290 g/mol. The molecule has 8 heteroatoms. The van der Waals surface area contributed by atoms with Gasteiger partial charge in [0.05, 0.1) is 6.10 Å². The molecule has 0 radical (unpaired) electrons. The lowest BCUT2D eigenvalue weighted by molar-refractivity contribution is -0.141. The summed E-state index contributed by atoms with van der Waals surface area (Å²) in [6.07, 6.45) is -3.49. The van der Waals surface area contributed by atoms with E-state index in [4.69, 9.17) is 4.74 Å². The number of ether oxygens (including phenoxy) is 1. The third kappa shape index (κ3) is 3.50. The summed E-state index contributed by atoms with van der Waals surface area (Å²) in [5.74, 6) is 0.381. The van der Waals surface area contributed by atoms with Crippen molar-refractivity contribution in [2.24, 2.45) is 5.92 Å². The SMILES string of the molecule is CNc1nc(NCC2CCOC2C)cc(C(F)(F)F)n1. The molecule has 1 fully saturated rings. The van der Waals surface area contributed by atoms with Gasteiger partial charge in [0.2, 0.25) is 5.95 Å². The van der Waals surface area contributed by atoms with E-state index >= 15 is 0 Å². The van der Waals surface area contributed by atoms with Crippen LogP contribution in [0.15, 0.2) is 6.07 Å². The quantitative estimate of drug-likeness (QED) is 0.891. The Kier molecular flexibility index (Phi) is 4.32. The first-order chi connectivity index (χ1) is 9.40. The number of hydrogen-bond donors (Lipinski definition) is 2. The number of nitrogens with one attached hydrogen (secondary N) is 2. The minimum Gasteiger partial charge on any atom is -0.378 e. The van der Waals surface area contributed by atoms with E-state index in [-0.39, 0.29) is 23.8 Å². The van der Waals surface area contributed by atoms with Gasteiger partial charge < -0.3 is 15.4 Å². The van der Waals surface area contributed by atoms with Gasteiger partial charge in [-0.1, -0.05) is 0 Å². The molecule has 0 aliphatic carbocycles. The Morgan fingerprint density at radius 1 is 1.40 bits per heavy atom. The molecule has 2 unspecified atom stereocenters. The van der Waals surface area contributed by atoms with E-state index < -0.39 is 11.9 Å². The molecule has 0 aromatic carbocycles. The highest BCUT2D eigenvalue weighted by atomic mass is 19.4. The largest absolute Gasteiger partial charge is 0.433 e. The third-order valence-corrected chi connectivity index (χ3v) is 3.32. The highest BCUT2D eigenvalue weighted by Crippen LogP contribution is 2.30. The van der Waals surface area contributed by atoms with Gasteiger partial charge in [-0.3, -0.25) is 0 Å². The molecule has 0 saturated carbocycles. The molecule has 0 bridgehead atoms. The molecule has 0 amide bonds. The summed E-state index contributed by atoms with van der Waals surface area (Å²) >= 11 is 0. The first kappa shape index (κ1) is 14.8. The van der Waals surface area contributed by atoms with Crippen LogP contribution >= 0.6 is 0 Å². The van der Waals surface area contributed by atoms with Crippen LogP contribution in [0.25, 0.3) is 0 Å². The third-order valence-electron chi connectivity index (χ3n) is 3.32. The molecule has 1 saturated heterocycles. The van der Waals surface area contributed by atoms with Gasteiger partial charge in [-0.15, -0.1) is 0 Å². The molecule has 20 heavy (non-hydrogen) atoms. The predicted molar refractivity (Wildman–Crippen MR) is 68.6 cm³/mol. The second kappa shape index (κ2) is 5.82. The van der Waals surface area contributed by atoms with Crippen LogP contribution < -0.4 is 10.6 Å². The van der Waals surface area contributed by atoms with E-state index in [1.54, 1.807) is 0 Å². The number of rotatable bonds is 4. The summed E-state index contributed by atoms with van der Waals surface area (Å²) in [6.45, 7) is 3.17. The van der Waals surface area contributed by atoms with Crippen molar-refractivity contribution in [2.45, 2.75) is 25.6 Å². The zero-order chi connectivity index (χ0) is 14.8. The van der Waals surface area contributed by atoms with Crippen LogP contribution in [0.1, 0.15) is 19.0 Å². The highest BCUT2D eigenvalue weighted by molar-refractivity contribution is 5.42. The maximum absolute atomic E-state index is 12.7. The standard InChI is InChI=1S/C12H17F3N4O/c1-7-8(3-4-20-7)6-17-10-5-9(12(13,14)15)18-11(16-2)19-10/h5,7-8H,3-4,6H2,1-2H3,(H2,16,17,18,19). The molecule has 1 aliphatic heterocycles.